The van der Waals surface area contributed by atoms with Gasteiger partial charge in [0, 0.05) is 19.1 Å². The number of para-hydroxylation sites is 1. The number of nitrogens with zero attached hydrogens (tertiary/aromatic N) is 1. The third-order valence-corrected chi connectivity index (χ3v) is 3.08. The van der Waals surface area contributed by atoms with E-state index in [1.165, 1.54) is 12.1 Å². The van der Waals surface area contributed by atoms with E-state index in [-0.39, 0.29) is 23.3 Å². The van der Waals surface area contributed by atoms with E-state index in [0.717, 1.165) is 12.8 Å². The summed E-state index contributed by atoms with van der Waals surface area (Å²) in [6, 6.07) is 5.97. The molecule has 1 atom stereocenters. The minimum atomic E-state index is -2.95. The summed E-state index contributed by atoms with van der Waals surface area (Å²) in [6.45, 7) is -1.91. The molecule has 0 aromatic heterocycles. The third kappa shape index (κ3) is 3.41. The van der Waals surface area contributed by atoms with Gasteiger partial charge in [-0.05, 0) is 25.0 Å². The molecule has 6 heteroatoms. The van der Waals surface area contributed by atoms with Crippen LogP contribution in [0.4, 0.5) is 8.78 Å². The van der Waals surface area contributed by atoms with Crippen LogP contribution in [0.15, 0.2) is 24.3 Å². The van der Waals surface area contributed by atoms with Crippen LogP contribution in [0, 0.1) is 0 Å². The second-order valence-corrected chi connectivity index (χ2v) is 4.53. The van der Waals surface area contributed by atoms with E-state index in [1.54, 1.807) is 17.0 Å². The van der Waals surface area contributed by atoms with Crippen LogP contribution in [0.1, 0.15) is 23.2 Å². The van der Waals surface area contributed by atoms with Crippen LogP contribution in [0.25, 0.3) is 0 Å². The maximum absolute atomic E-state index is 12.3. The van der Waals surface area contributed by atoms with Gasteiger partial charge < -0.3 is 15.4 Å². The van der Waals surface area contributed by atoms with E-state index in [2.05, 4.69) is 4.74 Å². The summed E-state index contributed by atoms with van der Waals surface area (Å²) in [5.74, 6) is -0.409. The molecule has 1 fully saturated rings. The molecule has 0 spiro atoms. The number of likely N-dealkylation sites (tertiary alicyclic amines) is 1. The van der Waals surface area contributed by atoms with Crippen molar-refractivity contribution in [1.82, 2.24) is 4.90 Å². The lowest BCUT2D eigenvalue weighted by Gasteiger charge is -2.31. The molecule has 1 aliphatic rings. The number of nitrogens with two attached hydrogens (primary N) is 1. The average molecular weight is 270 g/mol. The zero-order chi connectivity index (χ0) is 13.8. The van der Waals surface area contributed by atoms with Crippen molar-refractivity contribution in [1.29, 1.82) is 0 Å². The minimum absolute atomic E-state index is 0.0547. The highest BCUT2D eigenvalue weighted by molar-refractivity contribution is 5.97. The maximum Gasteiger partial charge on any atom is 0.387 e. The number of benzene rings is 1. The first kappa shape index (κ1) is 13.7. The van der Waals surface area contributed by atoms with Crippen LogP contribution in [0.3, 0.4) is 0 Å². The van der Waals surface area contributed by atoms with Crippen molar-refractivity contribution in [3.8, 4) is 5.75 Å². The summed E-state index contributed by atoms with van der Waals surface area (Å²) in [6.07, 6.45) is 1.70. The molecule has 104 valence electrons. The van der Waals surface area contributed by atoms with E-state index in [9.17, 15) is 13.6 Å². The number of carbonyl (C=O) groups is 1. The molecule has 1 amide bonds. The predicted molar refractivity (Wildman–Crippen MR) is 66.2 cm³/mol. The number of halogens is 2. The molecule has 0 radical (unpaired) electrons. The quantitative estimate of drug-likeness (QED) is 0.912. The Kier molecular flexibility index (Phi) is 4.31. The van der Waals surface area contributed by atoms with E-state index < -0.39 is 6.61 Å². The van der Waals surface area contributed by atoms with E-state index >= 15 is 0 Å². The van der Waals surface area contributed by atoms with Crippen molar-refractivity contribution in [3.63, 3.8) is 0 Å². The molecule has 1 aromatic carbocycles. The lowest BCUT2D eigenvalue weighted by molar-refractivity contribution is -0.0503. The number of alkyl halides is 2. The Balaban J connectivity index is 2.18. The van der Waals surface area contributed by atoms with Gasteiger partial charge in [0.25, 0.3) is 5.91 Å². The molecule has 4 nitrogen and oxygen atoms in total. The molecule has 0 saturated carbocycles. The highest BCUT2D eigenvalue weighted by Crippen LogP contribution is 2.23. The summed E-state index contributed by atoms with van der Waals surface area (Å²) in [4.78, 5) is 13.9. The average Bonchev–Trinajstić information content (AvgIpc) is 2.38. The normalized spacial score (nSPS) is 19.6. The summed E-state index contributed by atoms with van der Waals surface area (Å²) < 4.78 is 29.0. The zero-order valence-electron chi connectivity index (χ0n) is 10.4. The Morgan fingerprint density at radius 3 is 2.84 bits per heavy atom. The SMILES string of the molecule is N[C@@H]1CCCN(C(=O)c2ccccc2OC(F)F)C1. The molecule has 19 heavy (non-hydrogen) atoms. The van der Waals surface area contributed by atoms with Crippen LogP contribution in [0.2, 0.25) is 0 Å². The topological polar surface area (TPSA) is 55.6 Å². The number of piperidine rings is 1. The summed E-state index contributed by atoms with van der Waals surface area (Å²) in [5.41, 5.74) is 5.96. The van der Waals surface area contributed by atoms with E-state index in [0.29, 0.717) is 13.1 Å². The first-order valence-electron chi connectivity index (χ1n) is 6.16. The molecule has 2 N–H and O–H groups in total. The summed E-state index contributed by atoms with van der Waals surface area (Å²) in [7, 11) is 0. The molecule has 1 aromatic rings. The van der Waals surface area contributed by atoms with Gasteiger partial charge in [-0.2, -0.15) is 8.78 Å². The lowest BCUT2D eigenvalue weighted by atomic mass is 10.0. The zero-order valence-corrected chi connectivity index (χ0v) is 10.4. The summed E-state index contributed by atoms with van der Waals surface area (Å²) in [5, 5.41) is 0. The number of ether oxygens (including phenoxy) is 1. The first-order chi connectivity index (χ1) is 9.08. The third-order valence-electron chi connectivity index (χ3n) is 3.08. The van der Waals surface area contributed by atoms with Crippen LogP contribution in [-0.4, -0.2) is 36.5 Å². The summed E-state index contributed by atoms with van der Waals surface area (Å²) >= 11 is 0. The van der Waals surface area contributed by atoms with Crippen molar-refractivity contribution in [2.45, 2.75) is 25.5 Å². The van der Waals surface area contributed by atoms with Crippen LogP contribution >= 0.6 is 0 Å². The lowest BCUT2D eigenvalue weighted by Crippen LogP contribution is -2.45. The molecule has 0 aliphatic carbocycles. The van der Waals surface area contributed by atoms with Gasteiger partial charge in [-0.3, -0.25) is 4.79 Å². The van der Waals surface area contributed by atoms with Gasteiger partial charge in [0.15, 0.2) is 0 Å². The Morgan fingerprint density at radius 2 is 2.16 bits per heavy atom. The highest BCUT2D eigenvalue weighted by atomic mass is 19.3. The van der Waals surface area contributed by atoms with Crippen molar-refractivity contribution in [2.24, 2.45) is 5.73 Å². The fourth-order valence-corrected chi connectivity index (χ4v) is 2.21. The standard InChI is InChI=1S/C13H16F2N2O2/c14-13(15)19-11-6-2-1-5-10(11)12(18)17-7-3-4-9(16)8-17/h1-2,5-6,9,13H,3-4,7-8,16H2/t9-/m1/s1. The van der Waals surface area contributed by atoms with Gasteiger partial charge in [0.2, 0.25) is 0 Å². The van der Waals surface area contributed by atoms with E-state index in [1.807, 2.05) is 0 Å². The number of hydrogen-bond donors (Lipinski definition) is 1. The Bertz CT molecular complexity index is 454. The monoisotopic (exact) mass is 270 g/mol. The predicted octanol–water partition coefficient (Wildman–Crippen LogP) is 1.85. The molecule has 1 saturated heterocycles. The Hall–Kier alpha value is -1.69. The van der Waals surface area contributed by atoms with E-state index in [4.69, 9.17) is 5.73 Å². The van der Waals surface area contributed by atoms with Crippen molar-refractivity contribution < 1.29 is 18.3 Å². The maximum atomic E-state index is 12.3. The van der Waals surface area contributed by atoms with Gasteiger partial charge in [-0.1, -0.05) is 12.1 Å². The Morgan fingerprint density at radius 1 is 1.42 bits per heavy atom. The molecule has 2 rings (SSSR count). The molecule has 0 bridgehead atoms. The molecular formula is C13H16F2N2O2. The fourth-order valence-electron chi connectivity index (χ4n) is 2.21. The molecule has 0 unspecified atom stereocenters. The van der Waals surface area contributed by atoms with Gasteiger partial charge >= 0.3 is 6.61 Å². The largest absolute Gasteiger partial charge is 0.434 e. The number of carbonyl (C=O) groups excluding carboxylic acids is 1. The van der Waals surface area contributed by atoms with Crippen molar-refractivity contribution in [2.75, 3.05) is 13.1 Å². The molecule has 1 aliphatic heterocycles. The minimum Gasteiger partial charge on any atom is -0.434 e. The smallest absolute Gasteiger partial charge is 0.387 e. The van der Waals surface area contributed by atoms with Gasteiger partial charge in [0.05, 0.1) is 5.56 Å². The number of rotatable bonds is 3. The number of hydrogen-bond acceptors (Lipinski definition) is 3. The Labute approximate surface area is 110 Å². The van der Waals surface area contributed by atoms with Gasteiger partial charge in [0.1, 0.15) is 5.75 Å². The molecular weight excluding hydrogens is 254 g/mol. The fraction of sp³-hybridized carbons (Fsp3) is 0.462. The van der Waals surface area contributed by atoms with Crippen molar-refractivity contribution >= 4 is 5.91 Å². The van der Waals surface area contributed by atoms with Crippen molar-refractivity contribution in [3.05, 3.63) is 29.8 Å². The van der Waals surface area contributed by atoms with Gasteiger partial charge in [-0.15, -0.1) is 0 Å². The first-order valence-corrected chi connectivity index (χ1v) is 6.16. The second-order valence-electron chi connectivity index (χ2n) is 4.53. The second kappa shape index (κ2) is 5.97. The molecule has 1 heterocycles. The van der Waals surface area contributed by atoms with Crippen LogP contribution in [-0.2, 0) is 0 Å². The van der Waals surface area contributed by atoms with Crippen LogP contribution < -0.4 is 10.5 Å². The van der Waals surface area contributed by atoms with Gasteiger partial charge in [-0.25, -0.2) is 0 Å². The van der Waals surface area contributed by atoms with Crippen LogP contribution in [0.5, 0.6) is 5.75 Å². The highest BCUT2D eigenvalue weighted by Gasteiger charge is 2.25. The number of amides is 1.